The minimum atomic E-state index is 0.292. The number of fused-ring (bicyclic) bond motifs is 1. The average Bonchev–Trinajstić information content (AvgIpc) is 2.72. The molecule has 0 spiro atoms. The summed E-state index contributed by atoms with van der Waals surface area (Å²) >= 11 is 3.74. The molecular weight excluding hydrogens is 236 g/mol. The van der Waals surface area contributed by atoms with Crippen LogP contribution in [0.25, 0.3) is 0 Å². The third kappa shape index (κ3) is 2.41. The summed E-state index contributed by atoms with van der Waals surface area (Å²) < 4.78 is 6.45. The Morgan fingerprint density at radius 1 is 0.938 bits per heavy atom. The van der Waals surface area contributed by atoms with E-state index in [1.165, 1.54) is 41.9 Å². The Labute approximate surface area is 105 Å². The SMILES string of the molecule is c1ccc2c(c1)SC(OC1CCCCC1)S2. The van der Waals surface area contributed by atoms with Crippen LogP contribution in [0.15, 0.2) is 34.1 Å². The van der Waals surface area contributed by atoms with Crippen LogP contribution in [0.4, 0.5) is 0 Å². The van der Waals surface area contributed by atoms with Crippen molar-refractivity contribution in [2.45, 2.75) is 52.8 Å². The molecule has 0 N–H and O–H groups in total. The summed E-state index contributed by atoms with van der Waals surface area (Å²) in [6, 6.07) is 8.60. The minimum Gasteiger partial charge on any atom is -0.354 e. The van der Waals surface area contributed by atoms with Crippen molar-refractivity contribution in [2.24, 2.45) is 0 Å². The van der Waals surface area contributed by atoms with Crippen molar-refractivity contribution in [1.82, 2.24) is 0 Å². The molecule has 1 fully saturated rings. The van der Waals surface area contributed by atoms with Gasteiger partial charge in [0.25, 0.3) is 0 Å². The molecule has 0 bridgehead atoms. The van der Waals surface area contributed by atoms with Gasteiger partial charge in [0.05, 0.1) is 6.10 Å². The highest BCUT2D eigenvalue weighted by Gasteiger charge is 2.26. The third-order valence-corrected chi connectivity index (χ3v) is 5.68. The molecule has 1 heterocycles. The van der Waals surface area contributed by atoms with Crippen LogP contribution >= 0.6 is 23.5 Å². The highest BCUT2D eigenvalue weighted by atomic mass is 32.2. The second kappa shape index (κ2) is 5.03. The summed E-state index contributed by atoms with van der Waals surface area (Å²) in [5.41, 5.74) is 0. The lowest BCUT2D eigenvalue weighted by atomic mass is 9.98. The Morgan fingerprint density at radius 2 is 1.56 bits per heavy atom. The fourth-order valence-corrected chi connectivity index (χ4v) is 4.92. The van der Waals surface area contributed by atoms with Gasteiger partial charge in [0.15, 0.2) is 4.77 Å². The minimum absolute atomic E-state index is 0.292. The van der Waals surface area contributed by atoms with Crippen molar-refractivity contribution < 1.29 is 4.74 Å². The van der Waals surface area contributed by atoms with Crippen molar-refractivity contribution in [3.63, 3.8) is 0 Å². The monoisotopic (exact) mass is 252 g/mol. The summed E-state index contributed by atoms with van der Waals surface area (Å²) in [6.45, 7) is 0. The lowest BCUT2D eigenvalue weighted by molar-refractivity contribution is 0.0469. The van der Waals surface area contributed by atoms with Crippen molar-refractivity contribution in [3.8, 4) is 0 Å². The molecular formula is C13H16OS2. The van der Waals surface area contributed by atoms with Crippen LogP contribution < -0.4 is 0 Å². The van der Waals surface area contributed by atoms with E-state index in [1.807, 2.05) is 23.5 Å². The van der Waals surface area contributed by atoms with Crippen LogP contribution in [0.5, 0.6) is 0 Å². The number of hydrogen-bond acceptors (Lipinski definition) is 3. The van der Waals surface area contributed by atoms with E-state index in [1.54, 1.807) is 0 Å². The molecule has 1 aliphatic carbocycles. The van der Waals surface area contributed by atoms with Crippen LogP contribution in [0.3, 0.4) is 0 Å². The standard InChI is InChI=1S/C13H16OS2/c1-2-6-10(7-3-1)14-13-15-11-8-4-5-9-12(11)16-13/h4-5,8-10,13H,1-3,6-7H2. The second-order valence-corrected chi connectivity index (χ2v) is 6.87. The fourth-order valence-electron chi connectivity index (χ4n) is 2.29. The Morgan fingerprint density at radius 3 is 2.19 bits per heavy atom. The average molecular weight is 252 g/mol. The maximum atomic E-state index is 6.16. The van der Waals surface area contributed by atoms with E-state index in [0.29, 0.717) is 10.9 Å². The Bertz CT molecular complexity index is 336. The first-order valence-electron chi connectivity index (χ1n) is 5.99. The van der Waals surface area contributed by atoms with E-state index < -0.39 is 0 Å². The summed E-state index contributed by atoms with van der Waals surface area (Å²) in [6.07, 6.45) is 7.11. The van der Waals surface area contributed by atoms with Gasteiger partial charge in [-0.05, 0) is 25.0 Å². The van der Waals surface area contributed by atoms with Crippen LogP contribution in [-0.4, -0.2) is 10.9 Å². The van der Waals surface area contributed by atoms with E-state index in [4.69, 9.17) is 4.74 Å². The quantitative estimate of drug-likeness (QED) is 0.766. The highest BCUT2D eigenvalue weighted by molar-refractivity contribution is 8.19. The molecule has 0 atom stereocenters. The zero-order valence-corrected chi connectivity index (χ0v) is 10.9. The van der Waals surface area contributed by atoms with Crippen molar-refractivity contribution in [1.29, 1.82) is 0 Å². The summed E-state index contributed by atoms with van der Waals surface area (Å²) in [4.78, 5) is 2.77. The first kappa shape index (κ1) is 11.0. The maximum Gasteiger partial charge on any atom is 0.159 e. The molecule has 3 rings (SSSR count). The summed E-state index contributed by atoms with van der Waals surface area (Å²) in [7, 11) is 0. The van der Waals surface area contributed by atoms with Crippen LogP contribution in [0.2, 0.25) is 0 Å². The van der Waals surface area contributed by atoms with E-state index >= 15 is 0 Å². The van der Waals surface area contributed by atoms with Crippen LogP contribution in [0.1, 0.15) is 32.1 Å². The van der Waals surface area contributed by atoms with Gasteiger partial charge in [0.2, 0.25) is 0 Å². The predicted octanol–water partition coefficient (Wildman–Crippen LogP) is 4.52. The van der Waals surface area contributed by atoms with Gasteiger partial charge < -0.3 is 4.74 Å². The molecule has 1 saturated carbocycles. The zero-order valence-electron chi connectivity index (χ0n) is 9.22. The number of thioether (sulfide) groups is 2. The zero-order chi connectivity index (χ0) is 10.8. The lowest BCUT2D eigenvalue weighted by Crippen LogP contribution is -2.19. The summed E-state index contributed by atoms with van der Waals surface area (Å²) in [5, 5.41) is 0. The van der Waals surface area contributed by atoms with Crippen molar-refractivity contribution in [2.75, 3.05) is 0 Å². The molecule has 16 heavy (non-hydrogen) atoms. The molecule has 1 aromatic rings. The molecule has 2 aliphatic rings. The molecule has 0 radical (unpaired) electrons. The molecule has 1 aliphatic heterocycles. The Hall–Kier alpha value is -0.120. The van der Waals surface area contributed by atoms with Gasteiger partial charge >= 0.3 is 0 Å². The summed E-state index contributed by atoms with van der Waals surface area (Å²) in [5.74, 6) is 0. The second-order valence-electron chi connectivity index (χ2n) is 4.37. The molecule has 0 saturated heterocycles. The van der Waals surface area contributed by atoms with Crippen LogP contribution in [0, 0.1) is 0 Å². The van der Waals surface area contributed by atoms with Gasteiger partial charge in [-0.3, -0.25) is 0 Å². The predicted molar refractivity (Wildman–Crippen MR) is 69.9 cm³/mol. The van der Waals surface area contributed by atoms with E-state index in [2.05, 4.69) is 24.3 Å². The fraction of sp³-hybridized carbons (Fsp3) is 0.538. The lowest BCUT2D eigenvalue weighted by Gasteiger charge is -2.24. The van der Waals surface area contributed by atoms with Crippen LogP contribution in [-0.2, 0) is 4.74 Å². The van der Waals surface area contributed by atoms with E-state index in [0.717, 1.165) is 0 Å². The Kier molecular flexibility index (Phi) is 3.46. The van der Waals surface area contributed by atoms with Gasteiger partial charge in [-0.25, -0.2) is 0 Å². The number of benzene rings is 1. The first-order chi connectivity index (χ1) is 7.92. The molecule has 1 aromatic carbocycles. The van der Waals surface area contributed by atoms with Gasteiger partial charge in [-0.1, -0.05) is 54.9 Å². The number of hydrogen-bond donors (Lipinski definition) is 0. The topological polar surface area (TPSA) is 9.23 Å². The normalized spacial score (nSPS) is 22.2. The molecule has 0 amide bonds. The van der Waals surface area contributed by atoms with Gasteiger partial charge in [0, 0.05) is 9.79 Å². The van der Waals surface area contributed by atoms with E-state index in [9.17, 15) is 0 Å². The van der Waals surface area contributed by atoms with Gasteiger partial charge in [0.1, 0.15) is 0 Å². The van der Waals surface area contributed by atoms with Crippen molar-refractivity contribution >= 4 is 23.5 Å². The van der Waals surface area contributed by atoms with Crippen molar-refractivity contribution in [3.05, 3.63) is 24.3 Å². The molecule has 3 heteroatoms. The van der Waals surface area contributed by atoms with Gasteiger partial charge in [-0.15, -0.1) is 0 Å². The number of rotatable bonds is 2. The largest absolute Gasteiger partial charge is 0.354 e. The molecule has 86 valence electrons. The molecule has 0 unspecified atom stereocenters. The first-order valence-corrected chi connectivity index (χ1v) is 7.75. The third-order valence-electron chi connectivity index (χ3n) is 3.15. The Balaban J connectivity index is 1.59. The smallest absolute Gasteiger partial charge is 0.159 e. The molecule has 1 nitrogen and oxygen atoms in total. The van der Waals surface area contributed by atoms with Gasteiger partial charge in [-0.2, -0.15) is 0 Å². The highest BCUT2D eigenvalue weighted by Crippen LogP contribution is 2.48. The maximum absolute atomic E-state index is 6.16. The molecule has 0 aromatic heterocycles. The van der Waals surface area contributed by atoms with E-state index in [-0.39, 0.29) is 0 Å². The number of ether oxygens (including phenoxy) is 1.